The van der Waals surface area contributed by atoms with E-state index in [9.17, 15) is 4.79 Å². The van der Waals surface area contributed by atoms with Gasteiger partial charge in [-0.2, -0.15) is 0 Å². The summed E-state index contributed by atoms with van der Waals surface area (Å²) in [6.07, 6.45) is 0. The van der Waals surface area contributed by atoms with E-state index >= 15 is 0 Å². The standard InChI is InChI=1S/C27H32N4O2/c1-19(2)22-11-7-21(8-12-22)17-30(13-14-33-4)18-24-15-27(32)31-26(28-24)16-25(29-31)23-9-5-20(3)6-10-23/h5-12,15-16,19,29H,13-14,17-18H2,1-4H3. The average molecular weight is 445 g/mol. The second kappa shape index (κ2) is 10.1. The van der Waals surface area contributed by atoms with Crippen molar-refractivity contribution in [3.8, 4) is 11.3 Å². The van der Waals surface area contributed by atoms with Crippen molar-refractivity contribution in [1.29, 1.82) is 0 Å². The second-order valence-corrected chi connectivity index (χ2v) is 8.91. The fourth-order valence-corrected chi connectivity index (χ4v) is 3.93. The first-order chi connectivity index (χ1) is 15.9. The highest BCUT2D eigenvalue weighted by Gasteiger charge is 2.13. The third-order valence-corrected chi connectivity index (χ3v) is 5.92. The fraction of sp³-hybridized carbons (Fsp3) is 0.333. The molecule has 0 aliphatic heterocycles. The van der Waals surface area contributed by atoms with Gasteiger partial charge in [0, 0.05) is 38.9 Å². The van der Waals surface area contributed by atoms with E-state index in [0.717, 1.165) is 30.0 Å². The first-order valence-corrected chi connectivity index (χ1v) is 11.4. The van der Waals surface area contributed by atoms with Gasteiger partial charge in [0.2, 0.25) is 0 Å². The molecule has 33 heavy (non-hydrogen) atoms. The molecule has 1 N–H and O–H groups in total. The van der Waals surface area contributed by atoms with E-state index in [-0.39, 0.29) is 5.56 Å². The molecule has 0 spiro atoms. The number of hydrogen-bond acceptors (Lipinski definition) is 4. The Balaban J connectivity index is 1.57. The van der Waals surface area contributed by atoms with Gasteiger partial charge in [0.25, 0.3) is 5.56 Å². The van der Waals surface area contributed by atoms with Crippen LogP contribution in [0.1, 0.15) is 42.1 Å². The van der Waals surface area contributed by atoms with Crippen LogP contribution in [0, 0.1) is 6.92 Å². The maximum atomic E-state index is 12.8. The molecule has 0 aliphatic rings. The van der Waals surface area contributed by atoms with Gasteiger partial charge in [0.15, 0.2) is 5.65 Å². The number of ether oxygens (including phenoxy) is 1. The van der Waals surface area contributed by atoms with Crippen molar-refractivity contribution in [2.75, 3.05) is 20.3 Å². The van der Waals surface area contributed by atoms with E-state index in [1.54, 1.807) is 13.2 Å². The number of fused-ring (bicyclic) bond motifs is 1. The molecule has 2 aromatic heterocycles. The van der Waals surface area contributed by atoms with E-state index < -0.39 is 0 Å². The quantitative estimate of drug-likeness (QED) is 0.404. The molecule has 2 aromatic carbocycles. The van der Waals surface area contributed by atoms with Gasteiger partial charge in [-0.3, -0.25) is 14.8 Å². The van der Waals surface area contributed by atoms with Crippen molar-refractivity contribution in [3.05, 3.63) is 93.4 Å². The van der Waals surface area contributed by atoms with Gasteiger partial charge >= 0.3 is 0 Å². The molecule has 0 aliphatic carbocycles. The molecular formula is C27H32N4O2. The van der Waals surface area contributed by atoms with Crippen LogP contribution in [-0.4, -0.2) is 39.8 Å². The Bertz CT molecular complexity index is 1250. The molecule has 0 saturated heterocycles. The van der Waals surface area contributed by atoms with Gasteiger partial charge in [0.1, 0.15) is 0 Å². The minimum absolute atomic E-state index is 0.110. The van der Waals surface area contributed by atoms with Gasteiger partial charge in [-0.05, 0) is 29.5 Å². The number of methoxy groups -OCH3 is 1. The predicted octanol–water partition coefficient (Wildman–Crippen LogP) is 4.77. The van der Waals surface area contributed by atoms with E-state index in [4.69, 9.17) is 9.72 Å². The molecule has 0 saturated carbocycles. The van der Waals surface area contributed by atoms with Crippen LogP contribution in [0.5, 0.6) is 0 Å². The fourth-order valence-electron chi connectivity index (χ4n) is 3.93. The molecule has 0 unspecified atom stereocenters. The number of nitrogens with one attached hydrogen (secondary N) is 1. The van der Waals surface area contributed by atoms with Crippen molar-refractivity contribution in [2.45, 2.75) is 39.8 Å². The number of hydrogen-bond donors (Lipinski definition) is 1. The molecule has 0 bridgehead atoms. The first kappa shape index (κ1) is 23.0. The number of nitrogens with zero attached hydrogens (tertiary/aromatic N) is 3. The van der Waals surface area contributed by atoms with Gasteiger partial charge in [-0.15, -0.1) is 0 Å². The summed E-state index contributed by atoms with van der Waals surface area (Å²) in [5.74, 6) is 0.513. The van der Waals surface area contributed by atoms with Crippen LogP contribution < -0.4 is 5.56 Å². The highest BCUT2D eigenvalue weighted by atomic mass is 16.5. The summed E-state index contributed by atoms with van der Waals surface area (Å²) in [6, 6.07) is 20.5. The molecule has 6 heteroatoms. The Hall–Kier alpha value is -3.22. The molecule has 0 atom stereocenters. The van der Waals surface area contributed by atoms with Crippen LogP contribution in [0.3, 0.4) is 0 Å². The Kier molecular flexibility index (Phi) is 7.06. The predicted molar refractivity (Wildman–Crippen MR) is 133 cm³/mol. The molecule has 172 valence electrons. The van der Waals surface area contributed by atoms with Crippen LogP contribution >= 0.6 is 0 Å². The summed E-state index contributed by atoms with van der Waals surface area (Å²) in [5.41, 5.74) is 6.93. The SMILES string of the molecule is COCCN(Cc1ccc(C(C)C)cc1)Cc1cc(=O)n2[nH]c(-c3ccc(C)cc3)cc2n1. The second-order valence-electron chi connectivity index (χ2n) is 8.91. The molecule has 0 radical (unpaired) electrons. The number of benzene rings is 2. The summed E-state index contributed by atoms with van der Waals surface area (Å²) >= 11 is 0. The average Bonchev–Trinajstić information content (AvgIpc) is 3.23. The van der Waals surface area contributed by atoms with Crippen LogP contribution in [-0.2, 0) is 17.8 Å². The lowest BCUT2D eigenvalue weighted by atomic mass is 10.0. The number of aromatic nitrogens is 3. The van der Waals surface area contributed by atoms with E-state index in [1.165, 1.54) is 21.2 Å². The maximum absolute atomic E-state index is 12.8. The topological polar surface area (TPSA) is 62.6 Å². The van der Waals surface area contributed by atoms with Crippen molar-refractivity contribution in [1.82, 2.24) is 19.5 Å². The zero-order valence-corrected chi connectivity index (χ0v) is 19.8. The van der Waals surface area contributed by atoms with Crippen molar-refractivity contribution >= 4 is 5.65 Å². The Labute approximate surface area is 194 Å². The molecule has 4 aromatic rings. The number of aromatic amines is 1. The highest BCUT2D eigenvalue weighted by Crippen LogP contribution is 2.20. The lowest BCUT2D eigenvalue weighted by molar-refractivity contribution is 0.139. The Morgan fingerprint density at radius 3 is 2.42 bits per heavy atom. The smallest absolute Gasteiger partial charge is 0.272 e. The third kappa shape index (κ3) is 5.59. The number of H-pyrrole nitrogens is 1. The van der Waals surface area contributed by atoms with Crippen LogP contribution in [0.4, 0.5) is 0 Å². The lowest BCUT2D eigenvalue weighted by Crippen LogP contribution is -2.28. The van der Waals surface area contributed by atoms with E-state index in [1.807, 2.05) is 18.2 Å². The minimum Gasteiger partial charge on any atom is -0.383 e. The van der Waals surface area contributed by atoms with Crippen LogP contribution in [0.25, 0.3) is 16.9 Å². The van der Waals surface area contributed by atoms with Crippen molar-refractivity contribution in [2.24, 2.45) is 0 Å². The monoisotopic (exact) mass is 444 g/mol. The summed E-state index contributed by atoms with van der Waals surface area (Å²) in [7, 11) is 1.71. The number of rotatable bonds is 9. The molecule has 0 fully saturated rings. The zero-order valence-electron chi connectivity index (χ0n) is 19.8. The van der Waals surface area contributed by atoms with E-state index in [0.29, 0.717) is 24.7 Å². The summed E-state index contributed by atoms with van der Waals surface area (Å²) < 4.78 is 6.82. The largest absolute Gasteiger partial charge is 0.383 e. The van der Waals surface area contributed by atoms with Crippen LogP contribution in [0.2, 0.25) is 0 Å². The highest BCUT2D eigenvalue weighted by molar-refractivity contribution is 5.64. The van der Waals surface area contributed by atoms with Crippen LogP contribution in [0.15, 0.2) is 65.5 Å². The Morgan fingerprint density at radius 1 is 1.03 bits per heavy atom. The summed E-state index contributed by atoms with van der Waals surface area (Å²) in [5, 5.41) is 3.18. The van der Waals surface area contributed by atoms with Gasteiger partial charge in [-0.25, -0.2) is 9.50 Å². The first-order valence-electron chi connectivity index (χ1n) is 11.4. The molecular weight excluding hydrogens is 412 g/mol. The third-order valence-electron chi connectivity index (χ3n) is 5.92. The van der Waals surface area contributed by atoms with Gasteiger partial charge in [0.05, 0.1) is 18.0 Å². The Morgan fingerprint density at radius 2 is 1.76 bits per heavy atom. The van der Waals surface area contributed by atoms with Gasteiger partial charge in [-0.1, -0.05) is 67.9 Å². The molecule has 4 rings (SSSR count). The normalized spacial score (nSPS) is 11.7. The zero-order chi connectivity index (χ0) is 23.4. The minimum atomic E-state index is -0.110. The van der Waals surface area contributed by atoms with Crippen molar-refractivity contribution in [3.63, 3.8) is 0 Å². The maximum Gasteiger partial charge on any atom is 0.272 e. The van der Waals surface area contributed by atoms with Crippen molar-refractivity contribution < 1.29 is 4.74 Å². The molecule has 2 heterocycles. The lowest BCUT2D eigenvalue weighted by Gasteiger charge is -2.22. The number of aryl methyl sites for hydroxylation is 1. The summed E-state index contributed by atoms with van der Waals surface area (Å²) in [6.45, 7) is 9.17. The summed E-state index contributed by atoms with van der Waals surface area (Å²) in [4.78, 5) is 19.8. The van der Waals surface area contributed by atoms with E-state index in [2.05, 4.69) is 67.2 Å². The van der Waals surface area contributed by atoms with Gasteiger partial charge < -0.3 is 4.74 Å². The molecule has 6 nitrogen and oxygen atoms in total. The molecule has 0 amide bonds.